The molecular formula is C12H13NO4S. The number of likely N-dealkylation sites (N-methyl/N-ethyl adjacent to an activating group) is 1. The summed E-state index contributed by atoms with van der Waals surface area (Å²) in [6.45, 7) is 0. The van der Waals surface area contributed by atoms with E-state index >= 15 is 0 Å². The number of anilines is 1. The van der Waals surface area contributed by atoms with Crippen LogP contribution in [-0.2, 0) is 25.8 Å². The second-order valence-electron chi connectivity index (χ2n) is 4.23. The number of rotatable bonds is 2. The number of sulfone groups is 1. The van der Waals surface area contributed by atoms with Gasteiger partial charge in [0.05, 0.1) is 10.6 Å². The van der Waals surface area contributed by atoms with Crippen molar-refractivity contribution in [3.8, 4) is 0 Å². The Kier molecular flexibility index (Phi) is 3.21. The Morgan fingerprint density at radius 3 is 2.78 bits per heavy atom. The number of benzene rings is 1. The summed E-state index contributed by atoms with van der Waals surface area (Å²) in [5.74, 6) is -0.490. The molecule has 0 N–H and O–H groups in total. The number of carbonyl (C=O) groups is 2. The topological polar surface area (TPSA) is 71.5 Å². The molecule has 1 aromatic rings. The molecular weight excluding hydrogens is 254 g/mol. The molecule has 0 saturated heterocycles. The molecule has 1 amide bonds. The molecule has 1 aromatic carbocycles. The van der Waals surface area contributed by atoms with Crippen LogP contribution in [-0.4, -0.2) is 33.4 Å². The molecule has 1 aliphatic heterocycles. The SMILES string of the molecule is CN(C(=O)C=O)c1ccc2c(c1)CCCS2(=O)=O. The van der Waals surface area contributed by atoms with Crippen LogP contribution in [0.4, 0.5) is 5.69 Å². The van der Waals surface area contributed by atoms with E-state index in [-0.39, 0.29) is 12.0 Å². The molecule has 1 heterocycles. The van der Waals surface area contributed by atoms with E-state index in [1.807, 2.05) is 0 Å². The Morgan fingerprint density at radius 1 is 1.39 bits per heavy atom. The minimum absolute atomic E-state index is 0.169. The molecule has 0 radical (unpaired) electrons. The maximum atomic E-state index is 11.8. The average Bonchev–Trinajstić information content (AvgIpc) is 2.36. The third kappa shape index (κ3) is 2.15. The highest BCUT2D eigenvalue weighted by Gasteiger charge is 2.24. The van der Waals surface area contributed by atoms with E-state index in [4.69, 9.17) is 0 Å². The van der Waals surface area contributed by atoms with Gasteiger partial charge in [-0.25, -0.2) is 8.42 Å². The molecule has 0 aliphatic carbocycles. The number of fused-ring (bicyclic) bond motifs is 1. The van der Waals surface area contributed by atoms with Crippen LogP contribution in [0.25, 0.3) is 0 Å². The standard InChI is InChI=1S/C12H13NO4S/c1-13(12(15)8-14)10-4-5-11-9(7-10)3-2-6-18(11,16)17/h4-5,7-8H,2-3,6H2,1H3. The molecule has 96 valence electrons. The van der Waals surface area contributed by atoms with Crippen molar-refractivity contribution in [3.05, 3.63) is 23.8 Å². The van der Waals surface area contributed by atoms with Gasteiger partial charge in [-0.1, -0.05) is 0 Å². The lowest BCUT2D eigenvalue weighted by Gasteiger charge is -2.20. The zero-order valence-electron chi connectivity index (χ0n) is 9.92. The van der Waals surface area contributed by atoms with E-state index < -0.39 is 15.7 Å². The molecule has 0 aromatic heterocycles. The molecule has 1 aliphatic rings. The van der Waals surface area contributed by atoms with Gasteiger partial charge in [-0.3, -0.25) is 9.59 Å². The Balaban J connectivity index is 2.45. The van der Waals surface area contributed by atoms with Crippen molar-refractivity contribution < 1.29 is 18.0 Å². The number of aldehydes is 1. The summed E-state index contributed by atoms with van der Waals surface area (Å²) in [4.78, 5) is 23.2. The number of nitrogens with zero attached hydrogens (tertiary/aromatic N) is 1. The minimum atomic E-state index is -3.18. The number of hydrogen-bond donors (Lipinski definition) is 0. The second-order valence-corrected chi connectivity index (χ2v) is 6.31. The van der Waals surface area contributed by atoms with Crippen molar-refractivity contribution in [2.45, 2.75) is 17.7 Å². The summed E-state index contributed by atoms with van der Waals surface area (Å²) < 4.78 is 23.6. The molecule has 6 heteroatoms. The molecule has 0 bridgehead atoms. The van der Waals surface area contributed by atoms with Crippen LogP contribution in [0.2, 0.25) is 0 Å². The highest BCUT2D eigenvalue weighted by molar-refractivity contribution is 7.91. The van der Waals surface area contributed by atoms with Gasteiger partial charge in [0.2, 0.25) is 6.29 Å². The van der Waals surface area contributed by atoms with Gasteiger partial charge in [-0.15, -0.1) is 0 Å². The Hall–Kier alpha value is -1.69. The quantitative estimate of drug-likeness (QED) is 0.580. The first-order valence-electron chi connectivity index (χ1n) is 5.54. The van der Waals surface area contributed by atoms with Crippen molar-refractivity contribution in [1.82, 2.24) is 0 Å². The van der Waals surface area contributed by atoms with E-state index in [9.17, 15) is 18.0 Å². The van der Waals surface area contributed by atoms with Crippen LogP contribution in [0.5, 0.6) is 0 Å². The molecule has 0 fully saturated rings. The van der Waals surface area contributed by atoms with Crippen LogP contribution in [0.15, 0.2) is 23.1 Å². The van der Waals surface area contributed by atoms with Crippen LogP contribution in [0.1, 0.15) is 12.0 Å². The summed E-state index contributed by atoms with van der Waals surface area (Å²) in [7, 11) is -1.70. The Labute approximate surface area is 105 Å². The number of aryl methyl sites for hydroxylation is 1. The molecule has 0 unspecified atom stereocenters. The number of amides is 1. The molecule has 0 saturated carbocycles. The van der Waals surface area contributed by atoms with Crippen molar-refractivity contribution in [2.24, 2.45) is 0 Å². The first-order chi connectivity index (χ1) is 8.45. The fraction of sp³-hybridized carbons (Fsp3) is 0.333. The maximum absolute atomic E-state index is 11.8. The summed E-state index contributed by atoms with van der Waals surface area (Å²) >= 11 is 0. The van der Waals surface area contributed by atoms with Gasteiger partial charge in [0.25, 0.3) is 5.91 Å². The zero-order chi connectivity index (χ0) is 13.3. The average molecular weight is 267 g/mol. The summed E-state index contributed by atoms with van der Waals surface area (Å²) in [6.07, 6.45) is 1.49. The zero-order valence-corrected chi connectivity index (χ0v) is 10.7. The van der Waals surface area contributed by atoms with Crippen LogP contribution in [0.3, 0.4) is 0 Å². The van der Waals surface area contributed by atoms with E-state index in [2.05, 4.69) is 0 Å². The summed E-state index contributed by atoms with van der Waals surface area (Å²) in [5.41, 5.74) is 1.24. The van der Waals surface area contributed by atoms with Crippen LogP contribution < -0.4 is 4.90 Å². The van der Waals surface area contributed by atoms with E-state index in [1.54, 1.807) is 12.1 Å². The predicted molar refractivity (Wildman–Crippen MR) is 66.3 cm³/mol. The fourth-order valence-corrected chi connectivity index (χ4v) is 3.62. The summed E-state index contributed by atoms with van der Waals surface area (Å²) in [6, 6.07) is 4.71. The number of carbonyl (C=O) groups excluding carboxylic acids is 2. The molecule has 5 nitrogen and oxygen atoms in total. The lowest BCUT2D eigenvalue weighted by Crippen LogP contribution is -2.27. The Morgan fingerprint density at radius 2 is 2.11 bits per heavy atom. The van der Waals surface area contributed by atoms with Crippen LogP contribution in [0, 0.1) is 0 Å². The molecule has 2 rings (SSSR count). The minimum Gasteiger partial charge on any atom is -0.309 e. The van der Waals surface area contributed by atoms with Gasteiger partial charge in [0, 0.05) is 12.7 Å². The normalized spacial score (nSPS) is 16.7. The lowest BCUT2D eigenvalue weighted by molar-refractivity contribution is -0.129. The van der Waals surface area contributed by atoms with Crippen molar-refractivity contribution >= 4 is 27.7 Å². The van der Waals surface area contributed by atoms with E-state index in [1.165, 1.54) is 18.0 Å². The summed E-state index contributed by atoms with van der Waals surface area (Å²) in [5, 5.41) is 0. The van der Waals surface area contributed by atoms with Crippen molar-refractivity contribution in [3.63, 3.8) is 0 Å². The van der Waals surface area contributed by atoms with E-state index in [0.717, 1.165) is 0 Å². The first-order valence-corrected chi connectivity index (χ1v) is 7.19. The third-order valence-corrected chi connectivity index (χ3v) is 4.95. The van der Waals surface area contributed by atoms with Gasteiger partial charge in [-0.2, -0.15) is 0 Å². The molecule has 0 atom stereocenters. The highest BCUT2D eigenvalue weighted by Crippen LogP contribution is 2.28. The molecule has 18 heavy (non-hydrogen) atoms. The second kappa shape index (κ2) is 4.53. The Bertz CT molecular complexity index is 607. The van der Waals surface area contributed by atoms with Gasteiger partial charge in [-0.05, 0) is 36.6 Å². The molecule has 0 spiro atoms. The van der Waals surface area contributed by atoms with Gasteiger partial charge >= 0.3 is 0 Å². The highest BCUT2D eigenvalue weighted by atomic mass is 32.2. The van der Waals surface area contributed by atoms with Crippen LogP contribution >= 0.6 is 0 Å². The monoisotopic (exact) mass is 267 g/mol. The lowest BCUT2D eigenvalue weighted by atomic mass is 10.1. The maximum Gasteiger partial charge on any atom is 0.290 e. The predicted octanol–water partition coefficient (Wildman–Crippen LogP) is 0.568. The largest absolute Gasteiger partial charge is 0.309 e. The van der Waals surface area contributed by atoms with Crippen molar-refractivity contribution in [2.75, 3.05) is 17.7 Å². The van der Waals surface area contributed by atoms with Crippen molar-refractivity contribution in [1.29, 1.82) is 0 Å². The number of hydrogen-bond acceptors (Lipinski definition) is 4. The van der Waals surface area contributed by atoms with E-state index in [0.29, 0.717) is 29.0 Å². The van der Waals surface area contributed by atoms with Gasteiger partial charge in [0.1, 0.15) is 0 Å². The fourth-order valence-electron chi connectivity index (χ4n) is 2.04. The van der Waals surface area contributed by atoms with Gasteiger partial charge in [0.15, 0.2) is 9.84 Å². The first kappa shape index (κ1) is 12.8. The van der Waals surface area contributed by atoms with Gasteiger partial charge < -0.3 is 4.90 Å². The smallest absolute Gasteiger partial charge is 0.290 e. The third-order valence-electron chi connectivity index (χ3n) is 3.06.